The summed E-state index contributed by atoms with van der Waals surface area (Å²) in [6.45, 7) is 3.66. The number of rotatable bonds is 42. The van der Waals surface area contributed by atoms with E-state index < -0.39 is 32.5 Å². The number of carbonyl (C=O) groups excluding carboxylic acids is 2. The lowest BCUT2D eigenvalue weighted by atomic mass is 10.0. The molecule has 0 aliphatic carbocycles. The number of phosphoric ester groups is 1. The van der Waals surface area contributed by atoms with Crippen LogP contribution in [0.2, 0.25) is 0 Å². The van der Waals surface area contributed by atoms with E-state index in [9.17, 15) is 19.0 Å². The summed E-state index contributed by atoms with van der Waals surface area (Å²) < 4.78 is 32.7. The van der Waals surface area contributed by atoms with Crippen LogP contribution in [0.4, 0.5) is 0 Å². The number of nitrogens with two attached hydrogens (primary N) is 1. The van der Waals surface area contributed by atoms with Crippen LogP contribution < -0.4 is 5.73 Å². The number of ether oxygens (including phenoxy) is 2. The van der Waals surface area contributed by atoms with Gasteiger partial charge in [0.05, 0.1) is 13.2 Å². The summed E-state index contributed by atoms with van der Waals surface area (Å²) in [5.41, 5.74) is 5.35. The molecule has 0 aliphatic rings. The third-order valence-electron chi connectivity index (χ3n) is 9.47. The highest BCUT2D eigenvalue weighted by atomic mass is 31.2. The molecular weight excluding hydrogens is 725 g/mol. The minimum absolute atomic E-state index is 0.0445. The van der Waals surface area contributed by atoms with Crippen molar-refractivity contribution in [2.24, 2.45) is 5.73 Å². The molecule has 0 aliphatic heterocycles. The lowest BCUT2D eigenvalue weighted by Crippen LogP contribution is -2.29. The fourth-order valence-corrected chi connectivity index (χ4v) is 6.86. The van der Waals surface area contributed by atoms with Gasteiger partial charge in [-0.3, -0.25) is 18.6 Å². The zero-order valence-electron chi connectivity index (χ0n) is 35.9. The summed E-state index contributed by atoms with van der Waals surface area (Å²) >= 11 is 0. The summed E-state index contributed by atoms with van der Waals surface area (Å²) in [5.74, 6) is -0.890. The van der Waals surface area contributed by atoms with Crippen LogP contribution in [0.25, 0.3) is 0 Å². The average molecular weight is 810 g/mol. The maximum absolute atomic E-state index is 12.6. The van der Waals surface area contributed by atoms with Crippen LogP contribution in [0.15, 0.2) is 48.6 Å². The highest BCUT2D eigenvalue weighted by Crippen LogP contribution is 2.43. The second kappa shape index (κ2) is 42.6. The van der Waals surface area contributed by atoms with E-state index in [0.717, 1.165) is 38.5 Å². The molecule has 0 radical (unpaired) electrons. The van der Waals surface area contributed by atoms with E-state index in [-0.39, 0.29) is 32.6 Å². The van der Waals surface area contributed by atoms with E-state index in [0.29, 0.717) is 12.8 Å². The van der Waals surface area contributed by atoms with Crippen LogP contribution in [-0.4, -0.2) is 49.3 Å². The number of hydrogen-bond donors (Lipinski definition) is 2. The van der Waals surface area contributed by atoms with Crippen molar-refractivity contribution >= 4 is 19.8 Å². The van der Waals surface area contributed by atoms with Gasteiger partial charge in [0, 0.05) is 19.4 Å². The van der Waals surface area contributed by atoms with Gasteiger partial charge in [0.1, 0.15) is 6.61 Å². The third-order valence-corrected chi connectivity index (χ3v) is 10.5. The third kappa shape index (κ3) is 41.6. The second-order valence-corrected chi connectivity index (χ2v) is 16.4. The van der Waals surface area contributed by atoms with Crippen molar-refractivity contribution < 1.29 is 37.6 Å². The maximum atomic E-state index is 12.6. The van der Waals surface area contributed by atoms with E-state index in [1.807, 2.05) is 6.08 Å². The molecule has 0 spiro atoms. The zero-order valence-corrected chi connectivity index (χ0v) is 36.8. The van der Waals surface area contributed by atoms with Crippen LogP contribution >= 0.6 is 7.82 Å². The Morgan fingerprint density at radius 3 is 1.43 bits per heavy atom. The molecular formula is C46H84NO8P. The van der Waals surface area contributed by atoms with Crippen molar-refractivity contribution in [2.45, 2.75) is 206 Å². The van der Waals surface area contributed by atoms with Crippen LogP contribution in [0.3, 0.4) is 0 Å². The Labute approximate surface area is 343 Å². The first-order chi connectivity index (χ1) is 27.3. The summed E-state index contributed by atoms with van der Waals surface area (Å²) in [5, 5.41) is 0. The molecule has 0 saturated heterocycles. The molecule has 3 N–H and O–H groups in total. The number of esters is 2. The number of hydrogen-bond acceptors (Lipinski definition) is 8. The molecule has 0 fully saturated rings. The lowest BCUT2D eigenvalue weighted by molar-refractivity contribution is -0.161. The zero-order chi connectivity index (χ0) is 41.1. The number of allylic oxidation sites excluding steroid dienone is 8. The number of carbonyl (C=O) groups is 2. The largest absolute Gasteiger partial charge is 0.472 e. The second-order valence-electron chi connectivity index (χ2n) is 14.9. The molecule has 0 rings (SSSR count). The highest BCUT2D eigenvalue weighted by molar-refractivity contribution is 7.47. The predicted molar refractivity (Wildman–Crippen MR) is 233 cm³/mol. The van der Waals surface area contributed by atoms with Crippen molar-refractivity contribution in [3.8, 4) is 0 Å². The van der Waals surface area contributed by atoms with Gasteiger partial charge in [0.15, 0.2) is 6.10 Å². The smallest absolute Gasteiger partial charge is 0.462 e. The van der Waals surface area contributed by atoms with Gasteiger partial charge in [0.25, 0.3) is 0 Å². The molecule has 0 bridgehead atoms. The minimum Gasteiger partial charge on any atom is -0.462 e. The molecule has 0 heterocycles. The van der Waals surface area contributed by atoms with Crippen LogP contribution in [-0.2, 0) is 32.7 Å². The predicted octanol–water partition coefficient (Wildman–Crippen LogP) is 13.1. The van der Waals surface area contributed by atoms with E-state index in [4.69, 9.17) is 24.3 Å². The molecule has 10 heteroatoms. The normalized spacial score (nSPS) is 13.7. The van der Waals surface area contributed by atoms with Gasteiger partial charge in [-0.05, 0) is 51.4 Å². The fourth-order valence-electron chi connectivity index (χ4n) is 6.10. The Morgan fingerprint density at radius 1 is 0.536 bits per heavy atom. The van der Waals surface area contributed by atoms with Crippen molar-refractivity contribution in [3.05, 3.63) is 48.6 Å². The van der Waals surface area contributed by atoms with Crippen molar-refractivity contribution in [1.29, 1.82) is 0 Å². The van der Waals surface area contributed by atoms with Gasteiger partial charge in [-0.2, -0.15) is 0 Å². The van der Waals surface area contributed by atoms with E-state index in [1.54, 1.807) is 0 Å². The summed E-state index contributed by atoms with van der Waals surface area (Å²) in [4.78, 5) is 34.9. The number of unbranched alkanes of at least 4 members (excludes halogenated alkanes) is 21. The van der Waals surface area contributed by atoms with Gasteiger partial charge in [0.2, 0.25) is 0 Å². The first kappa shape index (κ1) is 54.0. The van der Waals surface area contributed by atoms with Gasteiger partial charge < -0.3 is 20.1 Å². The molecule has 0 aromatic carbocycles. The summed E-state index contributed by atoms with van der Waals surface area (Å²) in [7, 11) is -4.39. The van der Waals surface area contributed by atoms with Crippen molar-refractivity contribution in [3.63, 3.8) is 0 Å². The molecule has 326 valence electrons. The quantitative estimate of drug-likeness (QED) is 0.0267. The molecule has 0 amide bonds. The van der Waals surface area contributed by atoms with E-state index in [2.05, 4.69) is 56.4 Å². The fraction of sp³-hybridized carbons (Fsp3) is 0.783. The average Bonchev–Trinajstić information content (AvgIpc) is 3.18. The Balaban J connectivity index is 4.20. The highest BCUT2D eigenvalue weighted by Gasteiger charge is 2.25. The van der Waals surface area contributed by atoms with Gasteiger partial charge in [-0.25, -0.2) is 4.57 Å². The van der Waals surface area contributed by atoms with Gasteiger partial charge >= 0.3 is 19.8 Å². The Kier molecular flexibility index (Phi) is 41.0. The van der Waals surface area contributed by atoms with E-state index >= 15 is 0 Å². The van der Waals surface area contributed by atoms with Crippen molar-refractivity contribution in [2.75, 3.05) is 26.4 Å². The SMILES string of the molecule is CCCCC/C=C/C/C=C/C/C=C/C/C=C/CCCC(=O)O[C@H](COC(=O)CCCCCCCCCCCCCCCCCCCC)COP(=O)(O)OCCN. The Hall–Kier alpha value is -2.03. The first-order valence-corrected chi connectivity index (χ1v) is 24.1. The standard InChI is InChI=1S/C46H84NO8P/c1-3-5-7-9-11-13-15-17-19-21-23-24-26-28-30-32-34-36-38-45(48)52-42-44(43-54-56(50,51)53-41-40-47)55-46(49)39-37-35-33-31-29-27-25-22-20-18-16-14-12-10-8-6-4-2/h12,14,18,20,25,27,31,33,44H,3-11,13,15-17,19,21-24,26,28-30,32,34-43,47H2,1-2H3,(H,50,51)/b14-12+,20-18+,27-25+,33-31+/t44-/m1/s1. The molecule has 1 unspecified atom stereocenters. The molecule has 0 aromatic heterocycles. The Morgan fingerprint density at radius 2 is 0.946 bits per heavy atom. The summed E-state index contributed by atoms with van der Waals surface area (Å²) in [6, 6.07) is 0. The molecule has 2 atom stereocenters. The monoisotopic (exact) mass is 810 g/mol. The maximum Gasteiger partial charge on any atom is 0.472 e. The van der Waals surface area contributed by atoms with Crippen LogP contribution in [0.1, 0.15) is 200 Å². The first-order valence-electron chi connectivity index (χ1n) is 22.6. The summed E-state index contributed by atoms with van der Waals surface area (Å²) in [6.07, 6.45) is 48.6. The molecule has 0 saturated carbocycles. The lowest BCUT2D eigenvalue weighted by Gasteiger charge is -2.19. The minimum atomic E-state index is -4.39. The Bertz CT molecular complexity index is 1060. The molecule has 56 heavy (non-hydrogen) atoms. The van der Waals surface area contributed by atoms with Gasteiger partial charge in [-0.1, -0.05) is 184 Å². The van der Waals surface area contributed by atoms with Crippen LogP contribution in [0, 0.1) is 0 Å². The van der Waals surface area contributed by atoms with Crippen LogP contribution in [0.5, 0.6) is 0 Å². The number of phosphoric acid groups is 1. The topological polar surface area (TPSA) is 134 Å². The van der Waals surface area contributed by atoms with Crippen molar-refractivity contribution in [1.82, 2.24) is 0 Å². The van der Waals surface area contributed by atoms with E-state index in [1.165, 1.54) is 122 Å². The molecule has 9 nitrogen and oxygen atoms in total. The molecule has 0 aromatic rings. The van der Waals surface area contributed by atoms with Gasteiger partial charge in [-0.15, -0.1) is 0 Å².